The number of rotatable bonds is 7. The zero-order valence-corrected chi connectivity index (χ0v) is 12.2. The van der Waals surface area contributed by atoms with Gasteiger partial charge in [0.15, 0.2) is 0 Å². The number of hydrogen-bond acceptors (Lipinski definition) is 4. The molecule has 1 heterocycles. The van der Waals surface area contributed by atoms with Crippen molar-refractivity contribution in [2.45, 2.75) is 26.3 Å². The summed E-state index contributed by atoms with van der Waals surface area (Å²) < 4.78 is 0. The lowest BCUT2D eigenvalue weighted by Crippen LogP contribution is -2.37. The lowest BCUT2D eigenvalue weighted by atomic mass is 10.2. The van der Waals surface area contributed by atoms with Gasteiger partial charge in [-0.15, -0.1) is 0 Å². The minimum atomic E-state index is -0.0588. The van der Waals surface area contributed by atoms with Gasteiger partial charge in [0.25, 0.3) is 5.91 Å². The zero-order chi connectivity index (χ0) is 14.3. The second kappa shape index (κ2) is 7.74. The molecule has 0 radical (unpaired) electrons. The third-order valence-corrected chi connectivity index (χ3v) is 3.37. The lowest BCUT2D eigenvalue weighted by Gasteiger charge is -2.23. The number of likely N-dealkylation sites (N-methyl/N-ethyl adjacent to an activating group) is 1. The number of nitrogens with zero attached hydrogens (tertiary/aromatic N) is 2. The SMILES string of the molecule is CCC(C)N(C)CCNC(=O)c1ccnc(NC)c1. The predicted octanol–water partition coefficient (Wildman–Crippen LogP) is 1.58. The lowest BCUT2D eigenvalue weighted by molar-refractivity contribution is 0.0947. The summed E-state index contributed by atoms with van der Waals surface area (Å²) in [5.41, 5.74) is 0.630. The van der Waals surface area contributed by atoms with Crippen LogP contribution in [0.15, 0.2) is 18.3 Å². The molecule has 1 amide bonds. The van der Waals surface area contributed by atoms with Gasteiger partial charge in [0.05, 0.1) is 0 Å². The van der Waals surface area contributed by atoms with Crippen molar-refractivity contribution in [2.24, 2.45) is 0 Å². The van der Waals surface area contributed by atoms with Gasteiger partial charge in [0.2, 0.25) is 0 Å². The van der Waals surface area contributed by atoms with E-state index in [1.807, 2.05) is 0 Å². The number of anilines is 1. The molecule has 0 spiro atoms. The molecule has 1 unspecified atom stereocenters. The first kappa shape index (κ1) is 15.4. The minimum Gasteiger partial charge on any atom is -0.373 e. The van der Waals surface area contributed by atoms with E-state index in [0.717, 1.165) is 13.0 Å². The van der Waals surface area contributed by atoms with Crippen LogP contribution >= 0.6 is 0 Å². The molecule has 0 fully saturated rings. The Hall–Kier alpha value is -1.62. The largest absolute Gasteiger partial charge is 0.373 e. The highest BCUT2D eigenvalue weighted by Crippen LogP contribution is 2.05. The molecule has 0 aliphatic rings. The molecule has 0 saturated carbocycles. The summed E-state index contributed by atoms with van der Waals surface area (Å²) in [5, 5.41) is 5.84. The molecule has 0 aliphatic carbocycles. The maximum absolute atomic E-state index is 11.9. The number of carbonyl (C=O) groups is 1. The highest BCUT2D eigenvalue weighted by molar-refractivity contribution is 5.94. The van der Waals surface area contributed by atoms with E-state index in [1.165, 1.54) is 0 Å². The number of aromatic nitrogens is 1. The van der Waals surface area contributed by atoms with Crippen LogP contribution in [-0.4, -0.2) is 49.0 Å². The minimum absolute atomic E-state index is 0.0588. The van der Waals surface area contributed by atoms with Crippen LogP contribution in [0.3, 0.4) is 0 Å². The molecule has 2 N–H and O–H groups in total. The van der Waals surface area contributed by atoms with Crippen LogP contribution in [-0.2, 0) is 0 Å². The molecule has 0 saturated heterocycles. The fourth-order valence-corrected chi connectivity index (χ4v) is 1.69. The van der Waals surface area contributed by atoms with Crippen LogP contribution in [0.2, 0.25) is 0 Å². The highest BCUT2D eigenvalue weighted by Gasteiger charge is 2.08. The van der Waals surface area contributed by atoms with Crippen LogP contribution in [0.25, 0.3) is 0 Å². The Morgan fingerprint density at radius 3 is 2.89 bits per heavy atom. The van der Waals surface area contributed by atoms with Gasteiger partial charge in [-0.05, 0) is 32.5 Å². The van der Waals surface area contributed by atoms with Gasteiger partial charge in [-0.3, -0.25) is 4.79 Å². The van der Waals surface area contributed by atoms with Crippen LogP contribution < -0.4 is 10.6 Å². The first-order valence-corrected chi connectivity index (χ1v) is 6.70. The maximum atomic E-state index is 11.9. The second-order valence-corrected chi connectivity index (χ2v) is 4.67. The molecule has 5 heteroatoms. The number of hydrogen-bond donors (Lipinski definition) is 2. The molecule has 19 heavy (non-hydrogen) atoms. The molecule has 5 nitrogen and oxygen atoms in total. The van der Waals surface area contributed by atoms with Crippen molar-refractivity contribution in [3.63, 3.8) is 0 Å². The van der Waals surface area contributed by atoms with Gasteiger partial charge in [0.1, 0.15) is 5.82 Å². The topological polar surface area (TPSA) is 57.3 Å². The second-order valence-electron chi connectivity index (χ2n) is 4.67. The average molecular weight is 264 g/mol. The predicted molar refractivity (Wildman–Crippen MR) is 78.5 cm³/mol. The van der Waals surface area contributed by atoms with Crippen molar-refractivity contribution < 1.29 is 4.79 Å². The van der Waals surface area contributed by atoms with E-state index in [2.05, 4.69) is 41.4 Å². The Morgan fingerprint density at radius 1 is 1.53 bits per heavy atom. The van der Waals surface area contributed by atoms with Crippen molar-refractivity contribution in [3.05, 3.63) is 23.9 Å². The molecule has 1 aromatic rings. The summed E-state index contributed by atoms with van der Waals surface area (Å²) >= 11 is 0. The van der Waals surface area contributed by atoms with Crippen molar-refractivity contribution >= 4 is 11.7 Å². The Labute approximate surface area is 115 Å². The Balaban J connectivity index is 2.43. The Bertz CT molecular complexity index is 408. The van der Waals surface area contributed by atoms with E-state index in [-0.39, 0.29) is 5.91 Å². The number of amides is 1. The molecule has 0 aromatic carbocycles. The van der Waals surface area contributed by atoms with Crippen LogP contribution in [0.5, 0.6) is 0 Å². The molecular weight excluding hydrogens is 240 g/mol. The van der Waals surface area contributed by atoms with Crippen molar-refractivity contribution in [1.82, 2.24) is 15.2 Å². The fourth-order valence-electron chi connectivity index (χ4n) is 1.69. The van der Waals surface area contributed by atoms with Gasteiger partial charge < -0.3 is 15.5 Å². The molecule has 106 valence electrons. The van der Waals surface area contributed by atoms with Crippen molar-refractivity contribution in [1.29, 1.82) is 0 Å². The monoisotopic (exact) mass is 264 g/mol. The van der Waals surface area contributed by atoms with Gasteiger partial charge in [-0.2, -0.15) is 0 Å². The summed E-state index contributed by atoms with van der Waals surface area (Å²) in [6.45, 7) is 5.85. The van der Waals surface area contributed by atoms with E-state index in [0.29, 0.717) is 24.0 Å². The molecule has 1 rings (SSSR count). The van der Waals surface area contributed by atoms with Crippen LogP contribution in [0.1, 0.15) is 30.6 Å². The first-order valence-electron chi connectivity index (χ1n) is 6.70. The van der Waals surface area contributed by atoms with Crippen molar-refractivity contribution in [3.8, 4) is 0 Å². The van der Waals surface area contributed by atoms with Crippen LogP contribution in [0, 0.1) is 0 Å². The van der Waals surface area contributed by atoms with E-state index in [1.54, 1.807) is 25.4 Å². The number of carbonyl (C=O) groups excluding carboxylic acids is 1. The Morgan fingerprint density at radius 2 is 2.26 bits per heavy atom. The highest BCUT2D eigenvalue weighted by atomic mass is 16.1. The zero-order valence-electron chi connectivity index (χ0n) is 12.2. The molecule has 0 aliphatic heterocycles. The van der Waals surface area contributed by atoms with E-state index in [4.69, 9.17) is 0 Å². The van der Waals surface area contributed by atoms with Gasteiger partial charge in [-0.1, -0.05) is 6.92 Å². The summed E-state index contributed by atoms with van der Waals surface area (Å²) in [7, 11) is 3.86. The first-order chi connectivity index (χ1) is 9.08. The third-order valence-electron chi connectivity index (χ3n) is 3.37. The van der Waals surface area contributed by atoms with E-state index < -0.39 is 0 Å². The van der Waals surface area contributed by atoms with E-state index >= 15 is 0 Å². The number of pyridine rings is 1. The molecule has 1 atom stereocenters. The summed E-state index contributed by atoms with van der Waals surface area (Å²) in [6, 6.07) is 4.00. The van der Waals surface area contributed by atoms with Gasteiger partial charge in [0, 0.05) is 37.9 Å². The molecule has 1 aromatic heterocycles. The quantitative estimate of drug-likeness (QED) is 0.785. The Kier molecular flexibility index (Phi) is 6.29. The average Bonchev–Trinajstić information content (AvgIpc) is 2.46. The molecular formula is C14H24N4O. The van der Waals surface area contributed by atoms with E-state index in [9.17, 15) is 4.79 Å². The summed E-state index contributed by atoms with van der Waals surface area (Å²) in [6.07, 6.45) is 2.74. The number of nitrogens with one attached hydrogen (secondary N) is 2. The maximum Gasteiger partial charge on any atom is 0.251 e. The van der Waals surface area contributed by atoms with Gasteiger partial charge >= 0.3 is 0 Å². The third kappa shape index (κ3) is 4.87. The summed E-state index contributed by atoms with van der Waals surface area (Å²) in [4.78, 5) is 18.3. The van der Waals surface area contributed by atoms with Gasteiger partial charge in [-0.25, -0.2) is 4.98 Å². The summed E-state index contributed by atoms with van der Waals surface area (Å²) in [5.74, 6) is 0.640. The normalized spacial score (nSPS) is 12.3. The fraction of sp³-hybridized carbons (Fsp3) is 0.571. The molecule has 0 bridgehead atoms. The van der Waals surface area contributed by atoms with Crippen molar-refractivity contribution in [2.75, 3.05) is 32.5 Å². The van der Waals surface area contributed by atoms with Crippen LogP contribution in [0.4, 0.5) is 5.82 Å². The smallest absolute Gasteiger partial charge is 0.251 e. The standard InChI is InChI=1S/C14H24N4O/c1-5-11(2)18(4)9-8-17-14(19)12-6-7-16-13(10-12)15-3/h6-7,10-11H,5,8-9H2,1-4H3,(H,15,16)(H,17,19).